The van der Waals surface area contributed by atoms with Crippen LogP contribution in [0.4, 0.5) is 4.39 Å². The first-order valence-corrected chi connectivity index (χ1v) is 8.51. The molecule has 2 aromatic rings. The van der Waals surface area contributed by atoms with Crippen LogP contribution in [0.5, 0.6) is 0 Å². The Hall–Kier alpha value is -1.95. The van der Waals surface area contributed by atoms with Crippen molar-refractivity contribution in [1.29, 1.82) is 0 Å². The van der Waals surface area contributed by atoms with E-state index in [4.69, 9.17) is 5.11 Å². The minimum absolute atomic E-state index is 0.0333. The van der Waals surface area contributed by atoms with Gasteiger partial charge < -0.3 is 10.0 Å². The monoisotopic (exact) mass is 333 g/mol. The number of nitrogens with zero attached hydrogens (tertiary/aromatic N) is 1. The molecule has 0 bridgehead atoms. The first-order chi connectivity index (χ1) is 11.0. The summed E-state index contributed by atoms with van der Waals surface area (Å²) >= 11 is 1.38. The number of carbonyl (C=O) groups excluding carboxylic acids is 1. The van der Waals surface area contributed by atoms with Gasteiger partial charge in [0.25, 0.3) is 5.91 Å². The van der Waals surface area contributed by atoms with E-state index in [1.165, 1.54) is 23.5 Å². The molecule has 1 saturated carbocycles. The number of piperidine rings is 1. The highest BCUT2D eigenvalue weighted by Gasteiger charge is 2.59. The second kappa shape index (κ2) is 5.03. The lowest BCUT2D eigenvalue weighted by molar-refractivity contribution is -0.139. The summed E-state index contributed by atoms with van der Waals surface area (Å²) < 4.78 is 14.2. The topological polar surface area (TPSA) is 57.6 Å². The summed E-state index contributed by atoms with van der Waals surface area (Å²) in [5.74, 6) is -1.28. The van der Waals surface area contributed by atoms with Gasteiger partial charge in [-0.2, -0.15) is 0 Å². The van der Waals surface area contributed by atoms with Gasteiger partial charge in [-0.3, -0.25) is 9.59 Å². The smallest absolute Gasteiger partial charge is 0.307 e. The number of likely N-dealkylation sites (tertiary alicyclic amines) is 1. The molecular weight excluding hydrogens is 317 g/mol. The average molecular weight is 333 g/mol. The summed E-state index contributed by atoms with van der Waals surface area (Å²) in [6.07, 6.45) is 2.26. The largest absolute Gasteiger partial charge is 0.481 e. The first kappa shape index (κ1) is 14.6. The molecule has 2 aliphatic rings. The SMILES string of the molecule is O=C(O)C1CC12CCN(C(=O)c1cc3cc(F)ccc3s1)CC2. The van der Waals surface area contributed by atoms with E-state index in [1.54, 1.807) is 17.0 Å². The number of rotatable bonds is 2. The van der Waals surface area contributed by atoms with Crippen LogP contribution < -0.4 is 0 Å². The fourth-order valence-corrected chi connectivity index (χ4v) is 4.69. The summed E-state index contributed by atoms with van der Waals surface area (Å²) in [6.45, 7) is 1.20. The molecule has 6 heteroatoms. The van der Waals surface area contributed by atoms with Crippen molar-refractivity contribution in [3.63, 3.8) is 0 Å². The molecule has 1 saturated heterocycles. The Bertz CT molecular complexity index is 807. The van der Waals surface area contributed by atoms with E-state index < -0.39 is 5.97 Å². The van der Waals surface area contributed by atoms with Gasteiger partial charge in [0.2, 0.25) is 0 Å². The molecule has 1 atom stereocenters. The molecule has 4 nitrogen and oxygen atoms in total. The number of thiophene rings is 1. The Labute approximate surface area is 136 Å². The number of amides is 1. The Kier molecular flexibility index (Phi) is 3.20. The number of carboxylic acid groups (broad SMARTS) is 1. The molecule has 2 fully saturated rings. The third-order valence-electron chi connectivity index (χ3n) is 5.22. The van der Waals surface area contributed by atoms with Crippen molar-refractivity contribution in [1.82, 2.24) is 4.90 Å². The minimum Gasteiger partial charge on any atom is -0.481 e. The van der Waals surface area contributed by atoms with Crippen molar-refractivity contribution >= 4 is 33.3 Å². The van der Waals surface area contributed by atoms with E-state index in [0.717, 1.165) is 29.3 Å². The average Bonchev–Trinajstić information content (AvgIpc) is 3.06. The molecule has 1 spiro atoms. The molecule has 2 heterocycles. The predicted octanol–water partition coefficient (Wildman–Crippen LogP) is 3.37. The zero-order valence-electron chi connectivity index (χ0n) is 12.4. The van der Waals surface area contributed by atoms with Crippen molar-refractivity contribution in [2.45, 2.75) is 19.3 Å². The molecule has 1 aliphatic carbocycles. The molecule has 1 unspecified atom stereocenters. The van der Waals surface area contributed by atoms with Crippen LogP contribution in [0.1, 0.15) is 28.9 Å². The van der Waals surface area contributed by atoms with Crippen LogP contribution >= 0.6 is 11.3 Å². The van der Waals surface area contributed by atoms with Gasteiger partial charge in [-0.05, 0) is 54.3 Å². The zero-order valence-corrected chi connectivity index (χ0v) is 13.2. The Morgan fingerprint density at radius 2 is 2.00 bits per heavy atom. The Morgan fingerprint density at radius 1 is 1.26 bits per heavy atom. The van der Waals surface area contributed by atoms with E-state index in [2.05, 4.69) is 0 Å². The number of carboxylic acids is 1. The number of fused-ring (bicyclic) bond motifs is 1. The Morgan fingerprint density at radius 3 is 2.65 bits per heavy atom. The summed E-state index contributed by atoms with van der Waals surface area (Å²) in [5.41, 5.74) is -0.0775. The van der Waals surface area contributed by atoms with Crippen LogP contribution in [0.3, 0.4) is 0 Å². The quantitative estimate of drug-likeness (QED) is 0.917. The molecule has 4 rings (SSSR count). The number of hydrogen-bond acceptors (Lipinski definition) is 3. The molecule has 0 radical (unpaired) electrons. The first-order valence-electron chi connectivity index (χ1n) is 7.70. The number of benzene rings is 1. The van der Waals surface area contributed by atoms with Crippen molar-refractivity contribution in [2.24, 2.45) is 11.3 Å². The third kappa shape index (κ3) is 2.41. The van der Waals surface area contributed by atoms with Crippen LogP contribution in [0.15, 0.2) is 24.3 Å². The maximum absolute atomic E-state index is 13.3. The highest BCUT2D eigenvalue weighted by molar-refractivity contribution is 7.20. The molecule has 23 heavy (non-hydrogen) atoms. The molecule has 120 valence electrons. The van der Waals surface area contributed by atoms with Crippen molar-refractivity contribution in [2.75, 3.05) is 13.1 Å². The second-order valence-electron chi connectivity index (χ2n) is 6.54. The van der Waals surface area contributed by atoms with Gasteiger partial charge in [-0.25, -0.2) is 4.39 Å². The van der Waals surface area contributed by atoms with Gasteiger partial charge in [-0.15, -0.1) is 11.3 Å². The van der Waals surface area contributed by atoms with Crippen LogP contribution in [0.25, 0.3) is 10.1 Å². The minimum atomic E-state index is -0.712. The van der Waals surface area contributed by atoms with Gasteiger partial charge in [0.05, 0.1) is 10.8 Å². The molecule has 1 aromatic carbocycles. The lowest BCUT2D eigenvalue weighted by Gasteiger charge is -2.32. The van der Waals surface area contributed by atoms with E-state index in [9.17, 15) is 14.0 Å². The van der Waals surface area contributed by atoms with E-state index in [-0.39, 0.29) is 23.1 Å². The summed E-state index contributed by atoms with van der Waals surface area (Å²) in [4.78, 5) is 26.1. The van der Waals surface area contributed by atoms with E-state index in [1.807, 2.05) is 0 Å². The normalized spacial score (nSPS) is 22.5. The van der Waals surface area contributed by atoms with Crippen LogP contribution in [-0.4, -0.2) is 35.0 Å². The van der Waals surface area contributed by atoms with Gasteiger partial charge in [0, 0.05) is 17.8 Å². The van der Waals surface area contributed by atoms with E-state index >= 15 is 0 Å². The van der Waals surface area contributed by atoms with Gasteiger partial charge in [0.1, 0.15) is 5.82 Å². The van der Waals surface area contributed by atoms with Crippen LogP contribution in [-0.2, 0) is 4.79 Å². The fourth-order valence-electron chi connectivity index (χ4n) is 3.68. The summed E-state index contributed by atoms with van der Waals surface area (Å²) in [6, 6.07) is 6.28. The molecule has 1 aromatic heterocycles. The number of aliphatic carboxylic acids is 1. The molecular formula is C17H16FNO3S. The highest BCUT2D eigenvalue weighted by Crippen LogP contribution is 2.59. The molecule has 1 amide bonds. The Balaban J connectivity index is 1.48. The summed E-state index contributed by atoms with van der Waals surface area (Å²) in [7, 11) is 0. The van der Waals surface area contributed by atoms with Gasteiger partial charge in [-0.1, -0.05) is 0 Å². The van der Waals surface area contributed by atoms with Crippen LogP contribution in [0, 0.1) is 17.2 Å². The highest BCUT2D eigenvalue weighted by atomic mass is 32.1. The van der Waals surface area contributed by atoms with Gasteiger partial charge >= 0.3 is 5.97 Å². The summed E-state index contributed by atoms with van der Waals surface area (Å²) in [5, 5.41) is 9.87. The van der Waals surface area contributed by atoms with E-state index in [0.29, 0.717) is 18.0 Å². The molecule has 1 aliphatic heterocycles. The van der Waals surface area contributed by atoms with Crippen molar-refractivity contribution < 1.29 is 19.1 Å². The lowest BCUT2D eigenvalue weighted by Crippen LogP contribution is -2.39. The number of carbonyl (C=O) groups is 2. The second-order valence-corrected chi connectivity index (χ2v) is 7.63. The van der Waals surface area contributed by atoms with Crippen molar-refractivity contribution in [3.8, 4) is 0 Å². The number of halogens is 1. The lowest BCUT2D eigenvalue weighted by atomic mass is 9.91. The van der Waals surface area contributed by atoms with Gasteiger partial charge in [0.15, 0.2) is 0 Å². The predicted molar refractivity (Wildman–Crippen MR) is 85.1 cm³/mol. The molecule has 1 N–H and O–H groups in total. The maximum atomic E-state index is 13.3. The maximum Gasteiger partial charge on any atom is 0.307 e. The van der Waals surface area contributed by atoms with Crippen molar-refractivity contribution in [3.05, 3.63) is 35.0 Å². The van der Waals surface area contributed by atoms with Crippen LogP contribution in [0.2, 0.25) is 0 Å². The number of hydrogen-bond donors (Lipinski definition) is 1. The fraction of sp³-hybridized carbons (Fsp3) is 0.412. The third-order valence-corrected chi connectivity index (χ3v) is 6.33. The standard InChI is InChI=1S/C17H16FNO3S/c18-11-1-2-13-10(7-11)8-14(23-13)15(20)19-5-3-17(4-6-19)9-12(17)16(21)22/h1-2,7-8,12H,3-6,9H2,(H,21,22). The zero-order chi connectivity index (χ0) is 16.2.